The summed E-state index contributed by atoms with van der Waals surface area (Å²) in [6.45, 7) is 0. The van der Waals surface area contributed by atoms with Gasteiger partial charge in [0, 0.05) is 6.42 Å². The molecule has 1 aromatic rings. The molecular formula is C11H13ClN2O3. The van der Waals surface area contributed by atoms with Gasteiger partial charge >= 0.3 is 5.97 Å². The predicted molar refractivity (Wildman–Crippen MR) is 64.9 cm³/mol. The molecule has 0 fully saturated rings. The summed E-state index contributed by atoms with van der Waals surface area (Å²) < 4.78 is 0. The van der Waals surface area contributed by atoms with E-state index in [2.05, 4.69) is 5.32 Å². The number of carbonyl (C=O) groups excluding carboxylic acids is 1. The number of hydrogen-bond acceptors (Lipinski definition) is 3. The summed E-state index contributed by atoms with van der Waals surface area (Å²) in [5, 5.41) is 11.6. The fourth-order valence-electron chi connectivity index (χ4n) is 1.19. The van der Waals surface area contributed by atoms with Crippen molar-refractivity contribution < 1.29 is 14.7 Å². The summed E-state index contributed by atoms with van der Waals surface area (Å²) in [7, 11) is 0. The Kier molecular flexibility index (Phi) is 4.93. The van der Waals surface area contributed by atoms with Crippen molar-refractivity contribution in [1.29, 1.82) is 0 Å². The van der Waals surface area contributed by atoms with E-state index < -0.39 is 12.0 Å². The molecule has 0 heterocycles. The number of nitrogens with two attached hydrogens (primary N) is 1. The number of halogens is 1. The summed E-state index contributed by atoms with van der Waals surface area (Å²) in [6.07, 6.45) is 0.129. The van der Waals surface area contributed by atoms with Crippen LogP contribution in [0.15, 0.2) is 24.3 Å². The predicted octanol–water partition coefficient (Wildman–Crippen LogP) is 1.47. The van der Waals surface area contributed by atoms with Gasteiger partial charge in [-0.25, -0.2) is 0 Å². The third kappa shape index (κ3) is 4.42. The Hall–Kier alpha value is -1.59. The second kappa shape index (κ2) is 6.22. The summed E-state index contributed by atoms with van der Waals surface area (Å²) in [6, 6.07) is 5.78. The molecule has 1 atom stereocenters. The number of benzene rings is 1. The molecule has 1 aromatic carbocycles. The molecule has 0 saturated heterocycles. The average Bonchev–Trinajstić information content (AvgIpc) is 2.29. The van der Waals surface area contributed by atoms with Gasteiger partial charge in [-0.3, -0.25) is 9.59 Å². The van der Waals surface area contributed by atoms with E-state index in [4.69, 9.17) is 22.4 Å². The largest absolute Gasteiger partial charge is 0.480 e. The molecule has 0 aliphatic rings. The number of anilines is 1. The Morgan fingerprint density at radius 3 is 2.65 bits per heavy atom. The van der Waals surface area contributed by atoms with Crippen molar-refractivity contribution >= 4 is 29.2 Å². The number of rotatable bonds is 5. The standard InChI is InChI=1S/C11H13ClN2O3/c12-7-3-1-2-4-9(7)14-10(15)6-5-8(13)11(16)17/h1-4,8H,5-6,13H2,(H,14,15)(H,16,17)/t8-/m1/s1. The second-order valence-corrected chi connectivity index (χ2v) is 3.92. The first-order valence-corrected chi connectivity index (χ1v) is 5.41. The molecule has 0 aromatic heterocycles. The molecule has 0 saturated carbocycles. The maximum absolute atomic E-state index is 11.5. The van der Waals surface area contributed by atoms with E-state index in [0.29, 0.717) is 10.7 Å². The van der Waals surface area contributed by atoms with Crippen LogP contribution in [0, 0.1) is 0 Å². The highest BCUT2D eigenvalue weighted by Crippen LogP contribution is 2.20. The molecule has 17 heavy (non-hydrogen) atoms. The lowest BCUT2D eigenvalue weighted by Crippen LogP contribution is -2.31. The van der Waals surface area contributed by atoms with Gasteiger partial charge in [-0.15, -0.1) is 0 Å². The van der Waals surface area contributed by atoms with Crippen molar-refractivity contribution in [2.24, 2.45) is 5.73 Å². The first kappa shape index (κ1) is 13.5. The van der Waals surface area contributed by atoms with E-state index in [1.165, 1.54) is 0 Å². The SMILES string of the molecule is N[C@H](CCC(=O)Nc1ccccc1Cl)C(=O)O. The van der Waals surface area contributed by atoms with Crippen LogP contribution in [0.25, 0.3) is 0 Å². The van der Waals surface area contributed by atoms with Gasteiger partial charge in [0.25, 0.3) is 0 Å². The number of carbonyl (C=O) groups is 2. The van der Waals surface area contributed by atoms with Gasteiger partial charge < -0.3 is 16.2 Å². The van der Waals surface area contributed by atoms with Gasteiger partial charge in [-0.2, -0.15) is 0 Å². The lowest BCUT2D eigenvalue weighted by Gasteiger charge is -2.08. The van der Waals surface area contributed by atoms with Crippen LogP contribution in [-0.4, -0.2) is 23.0 Å². The molecular weight excluding hydrogens is 244 g/mol. The highest BCUT2D eigenvalue weighted by molar-refractivity contribution is 6.33. The maximum atomic E-state index is 11.5. The highest BCUT2D eigenvalue weighted by atomic mass is 35.5. The van der Waals surface area contributed by atoms with Crippen LogP contribution in [0.4, 0.5) is 5.69 Å². The van der Waals surface area contributed by atoms with Crippen LogP contribution in [-0.2, 0) is 9.59 Å². The molecule has 0 spiro atoms. The molecule has 0 unspecified atom stereocenters. The molecule has 4 N–H and O–H groups in total. The Morgan fingerprint density at radius 1 is 1.41 bits per heavy atom. The van der Waals surface area contributed by atoms with Crippen LogP contribution in [0.2, 0.25) is 5.02 Å². The zero-order chi connectivity index (χ0) is 12.8. The number of hydrogen-bond donors (Lipinski definition) is 3. The van der Waals surface area contributed by atoms with Crippen LogP contribution in [0.5, 0.6) is 0 Å². The summed E-state index contributed by atoms with van der Waals surface area (Å²) >= 11 is 5.85. The fraction of sp³-hybridized carbons (Fsp3) is 0.273. The van der Waals surface area contributed by atoms with Crippen LogP contribution in [0.1, 0.15) is 12.8 Å². The van der Waals surface area contributed by atoms with Gasteiger partial charge in [0.15, 0.2) is 0 Å². The van der Waals surface area contributed by atoms with Gasteiger partial charge in [-0.1, -0.05) is 23.7 Å². The molecule has 0 bridgehead atoms. The van der Waals surface area contributed by atoms with Crippen molar-refractivity contribution in [3.05, 3.63) is 29.3 Å². The summed E-state index contributed by atoms with van der Waals surface area (Å²) in [4.78, 5) is 21.9. The number of aliphatic carboxylic acids is 1. The van der Waals surface area contributed by atoms with Crippen molar-refractivity contribution in [3.63, 3.8) is 0 Å². The van der Waals surface area contributed by atoms with Gasteiger partial charge in [-0.05, 0) is 18.6 Å². The maximum Gasteiger partial charge on any atom is 0.320 e. The molecule has 1 amide bonds. The molecule has 1 rings (SSSR count). The monoisotopic (exact) mass is 256 g/mol. The smallest absolute Gasteiger partial charge is 0.320 e. The van der Waals surface area contributed by atoms with E-state index >= 15 is 0 Å². The van der Waals surface area contributed by atoms with Gasteiger partial charge in [0.2, 0.25) is 5.91 Å². The first-order valence-electron chi connectivity index (χ1n) is 5.03. The third-order valence-corrected chi connectivity index (χ3v) is 2.48. The van der Waals surface area contributed by atoms with E-state index in [0.717, 1.165) is 0 Å². The average molecular weight is 257 g/mol. The fourth-order valence-corrected chi connectivity index (χ4v) is 1.37. The molecule has 0 radical (unpaired) electrons. The van der Waals surface area contributed by atoms with E-state index in [-0.39, 0.29) is 18.7 Å². The van der Waals surface area contributed by atoms with E-state index in [1.807, 2.05) is 0 Å². The van der Waals surface area contributed by atoms with Gasteiger partial charge in [0.05, 0.1) is 10.7 Å². The molecule has 0 aliphatic carbocycles. The number of nitrogens with one attached hydrogen (secondary N) is 1. The molecule has 0 aliphatic heterocycles. The van der Waals surface area contributed by atoms with Crippen molar-refractivity contribution in [2.45, 2.75) is 18.9 Å². The van der Waals surface area contributed by atoms with E-state index in [1.54, 1.807) is 24.3 Å². The Balaban J connectivity index is 2.46. The number of carboxylic acid groups (broad SMARTS) is 1. The van der Waals surface area contributed by atoms with E-state index in [9.17, 15) is 9.59 Å². The quantitative estimate of drug-likeness (QED) is 0.744. The minimum Gasteiger partial charge on any atom is -0.480 e. The Labute approximate surface area is 104 Å². The molecule has 5 nitrogen and oxygen atoms in total. The molecule has 92 valence electrons. The number of para-hydroxylation sites is 1. The normalized spacial score (nSPS) is 11.9. The Morgan fingerprint density at radius 2 is 2.06 bits per heavy atom. The first-order chi connectivity index (χ1) is 8.00. The van der Waals surface area contributed by atoms with Crippen LogP contribution < -0.4 is 11.1 Å². The van der Waals surface area contributed by atoms with Crippen LogP contribution >= 0.6 is 11.6 Å². The topological polar surface area (TPSA) is 92.4 Å². The summed E-state index contributed by atoms with van der Waals surface area (Å²) in [5.41, 5.74) is 5.79. The minimum absolute atomic E-state index is 0.0404. The third-order valence-electron chi connectivity index (χ3n) is 2.15. The van der Waals surface area contributed by atoms with Crippen molar-refractivity contribution in [3.8, 4) is 0 Å². The highest BCUT2D eigenvalue weighted by Gasteiger charge is 2.13. The van der Waals surface area contributed by atoms with Gasteiger partial charge in [0.1, 0.15) is 6.04 Å². The minimum atomic E-state index is -1.12. The number of amides is 1. The summed E-state index contributed by atoms with van der Waals surface area (Å²) in [5.74, 6) is -1.43. The zero-order valence-electron chi connectivity index (χ0n) is 9.02. The van der Waals surface area contributed by atoms with Crippen molar-refractivity contribution in [1.82, 2.24) is 0 Å². The number of carboxylic acids is 1. The van der Waals surface area contributed by atoms with Crippen LogP contribution in [0.3, 0.4) is 0 Å². The molecule has 6 heteroatoms. The Bertz CT molecular complexity index is 423. The second-order valence-electron chi connectivity index (χ2n) is 3.51. The van der Waals surface area contributed by atoms with Crippen molar-refractivity contribution in [2.75, 3.05) is 5.32 Å². The lowest BCUT2D eigenvalue weighted by atomic mass is 10.1. The lowest BCUT2D eigenvalue weighted by molar-refractivity contribution is -0.138. The zero-order valence-corrected chi connectivity index (χ0v) is 9.78.